The van der Waals surface area contributed by atoms with Crippen molar-refractivity contribution >= 4 is 14.7 Å². The number of aryl methyl sites for hydroxylation is 1. The van der Waals surface area contributed by atoms with E-state index >= 15 is 0 Å². The summed E-state index contributed by atoms with van der Waals surface area (Å²) in [5.41, 5.74) is 5.17. The number of hydrogen-bond donors (Lipinski definition) is 1. The molecule has 0 fully saturated rings. The van der Waals surface area contributed by atoms with Crippen LogP contribution in [0.15, 0.2) is 0 Å². The Hall–Kier alpha value is -1.36. The highest BCUT2D eigenvalue weighted by atomic mass is 28.4. The number of tetrazole rings is 1. The first-order valence-electron chi connectivity index (χ1n) is 7.52. The zero-order chi connectivity index (χ0) is 16.4. The van der Waals surface area contributed by atoms with E-state index in [9.17, 15) is 4.79 Å². The molecule has 0 atom stereocenters. The second-order valence-corrected chi connectivity index (χ2v) is 7.28. The van der Waals surface area contributed by atoms with E-state index in [1.54, 1.807) is 4.68 Å². The van der Waals surface area contributed by atoms with Crippen LogP contribution in [0.1, 0.15) is 33.0 Å². The molecule has 2 N–H and O–H groups in total. The summed E-state index contributed by atoms with van der Waals surface area (Å²) in [6.07, 6.45) is 0.751. The normalized spacial score (nSPS) is 11.8. The molecule has 0 bridgehead atoms. The summed E-state index contributed by atoms with van der Waals surface area (Å²) in [4.78, 5) is 11.0. The molecule has 1 aromatic rings. The Balaban J connectivity index is 2.61. The number of nitrogens with two attached hydrogens (primary N) is 1. The zero-order valence-corrected chi connectivity index (χ0v) is 14.4. The Morgan fingerprint density at radius 2 is 1.77 bits per heavy atom. The number of carbonyl (C=O) groups is 1. The first-order valence-corrected chi connectivity index (χ1v) is 9.45. The summed E-state index contributed by atoms with van der Waals surface area (Å²) in [6.45, 7) is 7.96. The van der Waals surface area contributed by atoms with Crippen LogP contribution in [0.4, 0.5) is 0 Å². The van der Waals surface area contributed by atoms with Crippen LogP contribution < -0.4 is 5.73 Å². The Morgan fingerprint density at radius 3 is 2.27 bits per heavy atom. The number of rotatable bonds is 12. The quantitative estimate of drug-likeness (QED) is 0.542. The molecule has 9 nitrogen and oxygen atoms in total. The fourth-order valence-corrected chi connectivity index (χ4v) is 4.72. The van der Waals surface area contributed by atoms with Crippen LogP contribution in [0, 0.1) is 0 Å². The molecule has 1 rings (SSSR count). The van der Waals surface area contributed by atoms with Crippen LogP contribution in [0.2, 0.25) is 6.04 Å². The first kappa shape index (κ1) is 18.7. The van der Waals surface area contributed by atoms with Gasteiger partial charge in [-0.05, 0) is 37.6 Å². The number of carbonyl (C=O) groups excluding carboxylic acids is 1. The van der Waals surface area contributed by atoms with Gasteiger partial charge in [0.25, 0.3) is 0 Å². The van der Waals surface area contributed by atoms with E-state index in [0.717, 1.165) is 6.42 Å². The fraction of sp³-hybridized carbons (Fsp3) is 0.833. The van der Waals surface area contributed by atoms with Gasteiger partial charge in [0, 0.05) is 32.4 Å². The largest absolute Gasteiger partial charge is 0.500 e. The highest BCUT2D eigenvalue weighted by molar-refractivity contribution is 6.60. The van der Waals surface area contributed by atoms with E-state index < -0.39 is 14.7 Å². The molecule has 10 heteroatoms. The van der Waals surface area contributed by atoms with Gasteiger partial charge in [0.15, 0.2) is 5.82 Å². The van der Waals surface area contributed by atoms with Crippen molar-refractivity contribution < 1.29 is 18.1 Å². The van der Waals surface area contributed by atoms with Crippen LogP contribution in [0.5, 0.6) is 0 Å². The van der Waals surface area contributed by atoms with E-state index in [1.807, 2.05) is 20.8 Å². The minimum Gasteiger partial charge on any atom is -0.374 e. The smallest absolute Gasteiger partial charge is 0.374 e. The minimum absolute atomic E-state index is 0.0257. The van der Waals surface area contributed by atoms with Gasteiger partial charge in [0.05, 0.1) is 6.42 Å². The maximum atomic E-state index is 11.0. The monoisotopic (exact) mass is 331 g/mol. The second kappa shape index (κ2) is 9.61. The van der Waals surface area contributed by atoms with Crippen molar-refractivity contribution in [3.05, 3.63) is 5.82 Å². The van der Waals surface area contributed by atoms with Crippen molar-refractivity contribution in [2.45, 2.75) is 46.2 Å². The summed E-state index contributed by atoms with van der Waals surface area (Å²) in [7, 11) is -2.65. The topological polar surface area (TPSA) is 114 Å². The van der Waals surface area contributed by atoms with Gasteiger partial charge in [0.2, 0.25) is 5.91 Å². The SMILES string of the molecule is CCO[Si](CCCn1nnnc1CC(N)=O)(OCC)OCC. The Labute approximate surface area is 131 Å². The molecule has 0 spiro atoms. The Kier molecular flexibility index (Phi) is 8.16. The molecule has 0 aliphatic heterocycles. The lowest BCUT2D eigenvalue weighted by Crippen LogP contribution is -2.46. The van der Waals surface area contributed by atoms with Crippen LogP contribution in [-0.4, -0.2) is 54.7 Å². The van der Waals surface area contributed by atoms with E-state index in [4.69, 9.17) is 19.0 Å². The molecule has 0 aromatic carbocycles. The third kappa shape index (κ3) is 5.79. The summed E-state index contributed by atoms with van der Waals surface area (Å²) in [5, 5.41) is 11.2. The van der Waals surface area contributed by atoms with Crippen LogP contribution in [0.25, 0.3) is 0 Å². The molecule has 1 heterocycles. The lowest BCUT2D eigenvalue weighted by molar-refractivity contribution is -0.117. The maximum Gasteiger partial charge on any atom is 0.500 e. The molecule has 0 unspecified atom stereocenters. The van der Waals surface area contributed by atoms with Crippen molar-refractivity contribution in [2.24, 2.45) is 5.73 Å². The molecule has 1 amide bonds. The summed E-state index contributed by atoms with van der Waals surface area (Å²) in [5.74, 6) is 0.00159. The van der Waals surface area contributed by atoms with Gasteiger partial charge in [0.1, 0.15) is 0 Å². The number of hydrogen-bond acceptors (Lipinski definition) is 7. The molecular formula is C12H25N5O4Si. The van der Waals surface area contributed by atoms with E-state index in [0.29, 0.717) is 38.2 Å². The molecule has 0 aliphatic rings. The maximum absolute atomic E-state index is 11.0. The number of amides is 1. The predicted molar refractivity (Wildman–Crippen MR) is 80.8 cm³/mol. The lowest BCUT2D eigenvalue weighted by Gasteiger charge is -2.28. The van der Waals surface area contributed by atoms with E-state index in [2.05, 4.69) is 15.5 Å². The van der Waals surface area contributed by atoms with Gasteiger partial charge in [-0.1, -0.05) is 0 Å². The summed E-state index contributed by atoms with van der Waals surface area (Å²) >= 11 is 0. The average molecular weight is 331 g/mol. The number of aromatic nitrogens is 4. The fourth-order valence-electron chi connectivity index (χ4n) is 2.13. The van der Waals surface area contributed by atoms with Crippen LogP contribution in [0.3, 0.4) is 0 Å². The second-order valence-electron chi connectivity index (χ2n) is 4.55. The number of primary amides is 1. The summed E-state index contributed by atoms with van der Waals surface area (Å²) in [6, 6.07) is 0.665. The lowest BCUT2D eigenvalue weighted by atomic mass is 10.4. The van der Waals surface area contributed by atoms with Crippen molar-refractivity contribution in [3.63, 3.8) is 0 Å². The zero-order valence-electron chi connectivity index (χ0n) is 13.4. The predicted octanol–water partition coefficient (Wildman–Crippen LogP) is 0.139. The molecule has 0 aliphatic carbocycles. The van der Waals surface area contributed by atoms with Crippen LogP contribution in [-0.2, 0) is 31.0 Å². The van der Waals surface area contributed by atoms with Gasteiger partial charge < -0.3 is 19.0 Å². The molecule has 0 radical (unpaired) electrons. The molecule has 126 valence electrons. The van der Waals surface area contributed by atoms with Crippen molar-refractivity contribution in [3.8, 4) is 0 Å². The minimum atomic E-state index is -2.65. The molecule has 0 saturated carbocycles. The van der Waals surface area contributed by atoms with Crippen molar-refractivity contribution in [2.75, 3.05) is 19.8 Å². The van der Waals surface area contributed by atoms with Crippen molar-refractivity contribution in [1.29, 1.82) is 0 Å². The van der Waals surface area contributed by atoms with Gasteiger partial charge >= 0.3 is 8.80 Å². The van der Waals surface area contributed by atoms with Crippen LogP contribution >= 0.6 is 0 Å². The molecular weight excluding hydrogens is 306 g/mol. The first-order chi connectivity index (χ1) is 10.6. The third-order valence-corrected chi connectivity index (χ3v) is 6.04. The Morgan fingerprint density at radius 1 is 1.18 bits per heavy atom. The number of nitrogens with zero attached hydrogens (tertiary/aromatic N) is 4. The van der Waals surface area contributed by atoms with E-state index in [-0.39, 0.29) is 6.42 Å². The summed E-state index contributed by atoms with van der Waals surface area (Å²) < 4.78 is 18.9. The van der Waals surface area contributed by atoms with Gasteiger partial charge in [-0.25, -0.2) is 4.68 Å². The van der Waals surface area contributed by atoms with E-state index in [1.165, 1.54) is 0 Å². The molecule has 1 aromatic heterocycles. The van der Waals surface area contributed by atoms with Crippen molar-refractivity contribution in [1.82, 2.24) is 20.2 Å². The average Bonchev–Trinajstić information content (AvgIpc) is 2.86. The van der Waals surface area contributed by atoms with Gasteiger partial charge in [-0.15, -0.1) is 5.10 Å². The highest BCUT2D eigenvalue weighted by Crippen LogP contribution is 2.18. The third-order valence-electron chi connectivity index (χ3n) is 2.88. The molecule has 22 heavy (non-hydrogen) atoms. The Bertz CT molecular complexity index is 439. The highest BCUT2D eigenvalue weighted by Gasteiger charge is 2.39. The van der Waals surface area contributed by atoms with Gasteiger partial charge in [-0.3, -0.25) is 4.79 Å². The standard InChI is InChI=1S/C12H25N5O4Si/c1-4-19-22(20-5-2,21-6-3)9-7-8-17-12(10-11(13)18)14-15-16-17/h4-10H2,1-3H3,(H2,13,18). The molecule has 0 saturated heterocycles. The van der Waals surface area contributed by atoms with Gasteiger partial charge in [-0.2, -0.15) is 0 Å².